The van der Waals surface area contributed by atoms with Crippen molar-refractivity contribution in [2.24, 2.45) is 5.92 Å². The normalized spacial score (nSPS) is 10.7. The maximum absolute atomic E-state index is 12.0. The van der Waals surface area contributed by atoms with E-state index in [4.69, 9.17) is 4.74 Å². The van der Waals surface area contributed by atoms with Gasteiger partial charge in [0.2, 0.25) is 11.0 Å². The van der Waals surface area contributed by atoms with E-state index in [9.17, 15) is 4.79 Å². The summed E-state index contributed by atoms with van der Waals surface area (Å²) in [4.78, 5) is 12.0. The second kappa shape index (κ2) is 7.17. The Kier molecular flexibility index (Phi) is 5.27. The van der Waals surface area contributed by atoms with Gasteiger partial charge in [-0.2, -0.15) is 0 Å². The van der Waals surface area contributed by atoms with E-state index in [0.717, 1.165) is 22.7 Å². The third-order valence-electron chi connectivity index (χ3n) is 2.79. The van der Waals surface area contributed by atoms with Crippen LogP contribution in [0.15, 0.2) is 24.3 Å². The van der Waals surface area contributed by atoms with Gasteiger partial charge in [-0.15, -0.1) is 10.2 Å². The number of hydrogen-bond donors (Lipinski definition) is 1. The topological polar surface area (TPSA) is 64.1 Å². The molecule has 1 aromatic carbocycles. The Balaban J connectivity index is 1.93. The van der Waals surface area contributed by atoms with Crippen LogP contribution in [-0.4, -0.2) is 23.2 Å². The number of nitrogens with one attached hydrogen (secondary N) is 1. The molecule has 0 aliphatic heterocycles. The number of aromatic nitrogens is 2. The highest BCUT2D eigenvalue weighted by Gasteiger charge is 2.10. The monoisotopic (exact) mass is 305 g/mol. The van der Waals surface area contributed by atoms with E-state index in [1.165, 1.54) is 11.3 Å². The predicted octanol–water partition coefficient (Wildman–Crippen LogP) is 2.93. The van der Waals surface area contributed by atoms with Crippen LogP contribution in [0.5, 0.6) is 5.75 Å². The van der Waals surface area contributed by atoms with Crippen molar-refractivity contribution in [1.82, 2.24) is 10.2 Å². The largest absolute Gasteiger partial charge is 0.497 e. The molecule has 0 fully saturated rings. The second-order valence-electron chi connectivity index (χ2n) is 5.18. The summed E-state index contributed by atoms with van der Waals surface area (Å²) in [5, 5.41) is 12.4. The summed E-state index contributed by atoms with van der Waals surface area (Å²) in [7, 11) is 1.61. The highest BCUT2D eigenvalue weighted by atomic mass is 32.1. The van der Waals surface area contributed by atoms with Crippen LogP contribution in [0.2, 0.25) is 0 Å². The Bertz CT molecular complexity index is 610. The molecular formula is C15H19N3O2S. The first-order valence-electron chi connectivity index (χ1n) is 6.82. The Hall–Kier alpha value is -1.95. The van der Waals surface area contributed by atoms with Gasteiger partial charge in [-0.25, -0.2) is 0 Å². The fourth-order valence-electron chi connectivity index (χ4n) is 1.87. The number of carbonyl (C=O) groups is 1. The lowest BCUT2D eigenvalue weighted by atomic mass is 10.1. The first kappa shape index (κ1) is 15.4. The molecule has 2 aromatic rings. The van der Waals surface area contributed by atoms with E-state index in [1.807, 2.05) is 24.3 Å². The summed E-state index contributed by atoms with van der Waals surface area (Å²) in [5.74, 6) is 1.17. The van der Waals surface area contributed by atoms with Crippen LogP contribution in [-0.2, 0) is 17.6 Å². The lowest BCUT2D eigenvalue weighted by Gasteiger charge is -2.04. The van der Waals surface area contributed by atoms with Crippen LogP contribution in [0, 0.1) is 5.92 Å². The second-order valence-corrected chi connectivity index (χ2v) is 6.24. The maximum atomic E-state index is 12.0. The molecule has 0 aliphatic carbocycles. The van der Waals surface area contributed by atoms with Crippen molar-refractivity contribution in [3.8, 4) is 5.75 Å². The molecule has 0 bridgehead atoms. The molecule has 1 aromatic heterocycles. The molecule has 0 aliphatic rings. The Morgan fingerprint density at radius 2 is 2.19 bits per heavy atom. The molecule has 0 radical (unpaired) electrons. The van der Waals surface area contributed by atoms with Gasteiger partial charge in [0.25, 0.3) is 0 Å². The van der Waals surface area contributed by atoms with Crippen LogP contribution < -0.4 is 10.1 Å². The summed E-state index contributed by atoms with van der Waals surface area (Å²) in [6, 6.07) is 7.47. The zero-order valence-corrected chi connectivity index (χ0v) is 13.2. The summed E-state index contributed by atoms with van der Waals surface area (Å²) < 4.78 is 5.14. The lowest BCUT2D eigenvalue weighted by molar-refractivity contribution is -0.115. The lowest BCUT2D eigenvalue weighted by Crippen LogP contribution is -2.14. The molecule has 2 rings (SSSR count). The van der Waals surface area contributed by atoms with Crippen molar-refractivity contribution in [1.29, 1.82) is 0 Å². The van der Waals surface area contributed by atoms with E-state index in [2.05, 4.69) is 29.4 Å². The molecule has 1 amide bonds. The van der Waals surface area contributed by atoms with Gasteiger partial charge in [0, 0.05) is 6.42 Å². The van der Waals surface area contributed by atoms with E-state index < -0.39 is 0 Å². The van der Waals surface area contributed by atoms with Gasteiger partial charge in [0.05, 0.1) is 13.5 Å². The highest BCUT2D eigenvalue weighted by Crippen LogP contribution is 2.19. The number of nitrogens with zero attached hydrogens (tertiary/aromatic N) is 2. The van der Waals surface area contributed by atoms with Crippen LogP contribution in [0.25, 0.3) is 0 Å². The van der Waals surface area contributed by atoms with Gasteiger partial charge in [0.1, 0.15) is 10.8 Å². The first-order valence-corrected chi connectivity index (χ1v) is 7.63. The number of carbonyl (C=O) groups excluding carboxylic acids is 1. The Labute approximate surface area is 128 Å². The van der Waals surface area contributed by atoms with Crippen molar-refractivity contribution >= 4 is 22.4 Å². The number of hydrogen-bond acceptors (Lipinski definition) is 5. The summed E-state index contributed by atoms with van der Waals surface area (Å²) in [6.45, 7) is 4.25. The van der Waals surface area contributed by atoms with Crippen molar-refractivity contribution in [3.63, 3.8) is 0 Å². The quantitative estimate of drug-likeness (QED) is 0.891. The van der Waals surface area contributed by atoms with E-state index in [-0.39, 0.29) is 12.3 Å². The van der Waals surface area contributed by atoms with Crippen molar-refractivity contribution < 1.29 is 9.53 Å². The number of rotatable bonds is 6. The number of benzene rings is 1. The minimum Gasteiger partial charge on any atom is -0.497 e. The summed E-state index contributed by atoms with van der Waals surface area (Å²) >= 11 is 1.43. The predicted molar refractivity (Wildman–Crippen MR) is 83.8 cm³/mol. The van der Waals surface area contributed by atoms with Crippen molar-refractivity contribution in [2.75, 3.05) is 12.4 Å². The van der Waals surface area contributed by atoms with Crippen LogP contribution >= 0.6 is 11.3 Å². The van der Waals surface area contributed by atoms with Gasteiger partial charge >= 0.3 is 0 Å². The van der Waals surface area contributed by atoms with Gasteiger partial charge in [-0.05, 0) is 23.6 Å². The molecule has 21 heavy (non-hydrogen) atoms. The van der Waals surface area contributed by atoms with Gasteiger partial charge in [-0.1, -0.05) is 37.3 Å². The third kappa shape index (κ3) is 4.82. The minimum atomic E-state index is -0.101. The van der Waals surface area contributed by atoms with Crippen LogP contribution in [0.4, 0.5) is 5.13 Å². The number of ether oxygens (including phenoxy) is 1. The molecule has 0 atom stereocenters. The number of methoxy groups -OCH3 is 1. The van der Waals surface area contributed by atoms with Crippen LogP contribution in [0.1, 0.15) is 24.4 Å². The van der Waals surface area contributed by atoms with Crippen LogP contribution in [0.3, 0.4) is 0 Å². The molecule has 1 N–H and O–H groups in total. The van der Waals surface area contributed by atoms with E-state index in [1.54, 1.807) is 7.11 Å². The molecular weight excluding hydrogens is 286 g/mol. The van der Waals surface area contributed by atoms with E-state index >= 15 is 0 Å². The number of anilines is 1. The van der Waals surface area contributed by atoms with Gasteiger partial charge in [0.15, 0.2) is 0 Å². The molecule has 0 saturated heterocycles. The zero-order chi connectivity index (χ0) is 15.2. The fraction of sp³-hybridized carbons (Fsp3) is 0.400. The van der Waals surface area contributed by atoms with Gasteiger partial charge < -0.3 is 10.1 Å². The minimum absolute atomic E-state index is 0.101. The van der Waals surface area contributed by atoms with E-state index in [0.29, 0.717) is 11.0 Å². The summed E-state index contributed by atoms with van der Waals surface area (Å²) in [5.41, 5.74) is 0.902. The molecule has 112 valence electrons. The third-order valence-corrected chi connectivity index (χ3v) is 3.66. The summed E-state index contributed by atoms with van der Waals surface area (Å²) in [6.07, 6.45) is 1.17. The molecule has 5 nitrogen and oxygen atoms in total. The molecule has 0 unspecified atom stereocenters. The van der Waals surface area contributed by atoms with Crippen molar-refractivity contribution in [2.45, 2.75) is 26.7 Å². The maximum Gasteiger partial charge on any atom is 0.230 e. The highest BCUT2D eigenvalue weighted by molar-refractivity contribution is 7.15. The van der Waals surface area contributed by atoms with Crippen molar-refractivity contribution in [3.05, 3.63) is 34.8 Å². The standard InChI is InChI=1S/C15H19N3O2S/c1-10(2)7-14-17-18-15(21-14)16-13(19)9-11-5-4-6-12(8-11)20-3/h4-6,8,10H,7,9H2,1-3H3,(H,16,18,19). The average Bonchev–Trinajstić information content (AvgIpc) is 2.85. The molecule has 0 spiro atoms. The SMILES string of the molecule is COc1cccc(CC(=O)Nc2nnc(CC(C)C)s2)c1. The fourth-order valence-corrected chi connectivity index (χ4v) is 2.84. The molecule has 0 saturated carbocycles. The molecule has 6 heteroatoms. The van der Waals surface area contributed by atoms with Gasteiger partial charge in [-0.3, -0.25) is 4.79 Å². The zero-order valence-electron chi connectivity index (χ0n) is 12.4. The molecule has 1 heterocycles. The first-order chi connectivity index (χ1) is 10.1. The average molecular weight is 305 g/mol. The Morgan fingerprint density at radius 1 is 1.38 bits per heavy atom. The number of amides is 1. The Morgan fingerprint density at radius 3 is 2.90 bits per heavy atom. The smallest absolute Gasteiger partial charge is 0.230 e.